The first-order valence-electron chi connectivity index (χ1n) is 7.79. The topological polar surface area (TPSA) is 50.2 Å². The molecule has 1 aliphatic heterocycles. The van der Waals surface area contributed by atoms with Crippen molar-refractivity contribution in [3.63, 3.8) is 0 Å². The third kappa shape index (κ3) is 4.76. The zero-order chi connectivity index (χ0) is 16.1. The smallest absolute Gasteiger partial charge is 0.271 e. The van der Waals surface area contributed by atoms with Crippen LogP contribution in [0.25, 0.3) is 0 Å². The molecule has 0 atom stereocenters. The quantitative estimate of drug-likeness (QED) is 0.875. The van der Waals surface area contributed by atoms with E-state index in [0.29, 0.717) is 31.2 Å². The van der Waals surface area contributed by atoms with Crippen LogP contribution in [0, 0.1) is 5.92 Å². The third-order valence-corrected chi connectivity index (χ3v) is 4.02. The van der Waals surface area contributed by atoms with Gasteiger partial charge in [0.1, 0.15) is 5.69 Å². The molecule has 0 bridgehead atoms. The van der Waals surface area contributed by atoms with Crippen molar-refractivity contribution in [1.82, 2.24) is 20.0 Å². The molecule has 1 amide bonds. The molecule has 1 saturated heterocycles. The first kappa shape index (κ1) is 16.9. The molecule has 0 radical (unpaired) electrons. The van der Waals surface area contributed by atoms with Crippen LogP contribution in [-0.2, 0) is 0 Å². The second-order valence-electron chi connectivity index (χ2n) is 6.12. The molecule has 1 aromatic rings. The predicted octanol–water partition coefficient (Wildman–Crippen LogP) is 2.17. The number of piperidine rings is 1. The number of likely N-dealkylation sites (tertiary alicyclic amines) is 1. The van der Waals surface area contributed by atoms with Gasteiger partial charge in [-0.1, -0.05) is 0 Å². The third-order valence-electron chi connectivity index (χ3n) is 4.02. The Morgan fingerprint density at radius 3 is 2.64 bits per heavy atom. The van der Waals surface area contributed by atoms with Crippen molar-refractivity contribution in [1.29, 1.82) is 0 Å². The van der Waals surface area contributed by atoms with Crippen molar-refractivity contribution in [2.24, 2.45) is 5.92 Å². The summed E-state index contributed by atoms with van der Waals surface area (Å²) in [5.41, 5.74) is 0.420. The van der Waals surface area contributed by atoms with E-state index in [4.69, 9.17) is 0 Å². The average molecular weight is 314 g/mol. The van der Waals surface area contributed by atoms with Gasteiger partial charge in [0.15, 0.2) is 0 Å². The standard InChI is InChI=1S/C15H24F2N4O/c1-11(2)21-8-5-13(19-21)15(22)18-9-12-3-6-20(7-4-12)10-14(16)17/h5,8,11-12,14H,3-4,6-7,9-10H2,1-2H3,(H,18,22). The van der Waals surface area contributed by atoms with Crippen LogP contribution in [0.1, 0.15) is 43.2 Å². The Morgan fingerprint density at radius 1 is 1.41 bits per heavy atom. The van der Waals surface area contributed by atoms with E-state index in [0.717, 1.165) is 12.8 Å². The van der Waals surface area contributed by atoms with E-state index < -0.39 is 6.43 Å². The summed E-state index contributed by atoms with van der Waals surface area (Å²) in [5.74, 6) is 0.180. The number of nitrogens with zero attached hydrogens (tertiary/aromatic N) is 3. The van der Waals surface area contributed by atoms with E-state index in [-0.39, 0.29) is 18.5 Å². The fraction of sp³-hybridized carbons (Fsp3) is 0.733. The van der Waals surface area contributed by atoms with Crippen molar-refractivity contribution in [2.45, 2.75) is 39.2 Å². The number of hydrogen-bond acceptors (Lipinski definition) is 3. The second-order valence-corrected chi connectivity index (χ2v) is 6.12. The van der Waals surface area contributed by atoms with Gasteiger partial charge in [-0.2, -0.15) is 5.10 Å². The van der Waals surface area contributed by atoms with E-state index in [2.05, 4.69) is 10.4 Å². The Morgan fingerprint density at radius 2 is 2.09 bits per heavy atom. The summed E-state index contributed by atoms with van der Waals surface area (Å²) in [7, 11) is 0. The molecule has 0 spiro atoms. The minimum absolute atomic E-state index is 0.147. The lowest BCUT2D eigenvalue weighted by atomic mass is 9.97. The molecule has 0 saturated carbocycles. The Kier molecular flexibility index (Phi) is 5.88. The Bertz CT molecular complexity index is 482. The number of halogens is 2. The van der Waals surface area contributed by atoms with E-state index in [1.807, 2.05) is 13.8 Å². The van der Waals surface area contributed by atoms with Crippen LogP contribution in [0.15, 0.2) is 12.3 Å². The monoisotopic (exact) mass is 314 g/mol. The predicted molar refractivity (Wildman–Crippen MR) is 80.1 cm³/mol. The highest BCUT2D eigenvalue weighted by Gasteiger charge is 2.22. The highest BCUT2D eigenvalue weighted by atomic mass is 19.3. The number of rotatable bonds is 6. The summed E-state index contributed by atoms with van der Waals surface area (Å²) < 4.78 is 26.4. The van der Waals surface area contributed by atoms with Gasteiger partial charge in [-0.15, -0.1) is 0 Å². The van der Waals surface area contributed by atoms with Gasteiger partial charge in [-0.3, -0.25) is 14.4 Å². The normalized spacial score (nSPS) is 17.4. The zero-order valence-electron chi connectivity index (χ0n) is 13.1. The molecule has 5 nitrogen and oxygen atoms in total. The lowest BCUT2D eigenvalue weighted by Crippen LogP contribution is -2.40. The van der Waals surface area contributed by atoms with Gasteiger partial charge in [0, 0.05) is 18.8 Å². The van der Waals surface area contributed by atoms with Gasteiger partial charge in [0.05, 0.1) is 6.54 Å². The Labute approximate surface area is 129 Å². The molecule has 1 N–H and O–H groups in total. The van der Waals surface area contributed by atoms with Gasteiger partial charge in [0.2, 0.25) is 0 Å². The maximum absolute atomic E-state index is 12.3. The van der Waals surface area contributed by atoms with Crippen LogP contribution >= 0.6 is 0 Å². The number of carbonyl (C=O) groups excluding carboxylic acids is 1. The van der Waals surface area contributed by atoms with Crippen molar-refractivity contribution in [3.8, 4) is 0 Å². The van der Waals surface area contributed by atoms with Crippen molar-refractivity contribution in [2.75, 3.05) is 26.2 Å². The highest BCUT2D eigenvalue weighted by molar-refractivity contribution is 5.92. The number of hydrogen-bond donors (Lipinski definition) is 1. The highest BCUT2D eigenvalue weighted by Crippen LogP contribution is 2.17. The number of nitrogens with one attached hydrogen (secondary N) is 1. The number of carbonyl (C=O) groups is 1. The zero-order valence-corrected chi connectivity index (χ0v) is 13.1. The van der Waals surface area contributed by atoms with Crippen molar-refractivity contribution < 1.29 is 13.6 Å². The summed E-state index contributed by atoms with van der Waals surface area (Å²) in [4.78, 5) is 13.8. The number of aromatic nitrogens is 2. The molecule has 1 aliphatic rings. The molecule has 0 aromatic carbocycles. The molecule has 1 fully saturated rings. The molecule has 22 heavy (non-hydrogen) atoms. The van der Waals surface area contributed by atoms with Crippen LogP contribution in [0.2, 0.25) is 0 Å². The molecular formula is C15H24F2N4O. The van der Waals surface area contributed by atoms with Crippen LogP contribution < -0.4 is 5.32 Å². The molecule has 0 unspecified atom stereocenters. The van der Waals surface area contributed by atoms with Crippen LogP contribution in [0.5, 0.6) is 0 Å². The first-order valence-corrected chi connectivity index (χ1v) is 7.79. The largest absolute Gasteiger partial charge is 0.350 e. The van der Waals surface area contributed by atoms with E-state index in [1.54, 1.807) is 21.8 Å². The Hall–Kier alpha value is -1.50. The first-order chi connectivity index (χ1) is 10.5. The summed E-state index contributed by atoms with van der Waals surface area (Å²) in [6, 6.07) is 1.93. The summed E-state index contributed by atoms with van der Waals surface area (Å²) in [6.45, 7) is 5.78. The minimum Gasteiger partial charge on any atom is -0.350 e. The van der Waals surface area contributed by atoms with Crippen molar-refractivity contribution >= 4 is 5.91 Å². The maximum atomic E-state index is 12.3. The van der Waals surface area contributed by atoms with Crippen LogP contribution in [0.3, 0.4) is 0 Å². The van der Waals surface area contributed by atoms with E-state index in [9.17, 15) is 13.6 Å². The second kappa shape index (κ2) is 7.67. The van der Waals surface area contributed by atoms with Gasteiger partial charge in [-0.25, -0.2) is 8.78 Å². The molecule has 2 heterocycles. The molecular weight excluding hydrogens is 290 g/mol. The van der Waals surface area contributed by atoms with Gasteiger partial charge in [-0.05, 0) is 51.8 Å². The average Bonchev–Trinajstić information content (AvgIpc) is 2.96. The lowest BCUT2D eigenvalue weighted by Gasteiger charge is -2.31. The Balaban J connectivity index is 1.73. The van der Waals surface area contributed by atoms with Crippen molar-refractivity contribution in [3.05, 3.63) is 18.0 Å². The number of amides is 1. The molecule has 124 valence electrons. The summed E-state index contributed by atoms with van der Waals surface area (Å²) in [5, 5.41) is 7.13. The molecule has 2 rings (SSSR count). The molecule has 7 heteroatoms. The van der Waals surface area contributed by atoms with Gasteiger partial charge >= 0.3 is 0 Å². The molecule has 1 aromatic heterocycles. The fourth-order valence-electron chi connectivity index (χ4n) is 2.64. The minimum atomic E-state index is -2.27. The fourth-order valence-corrected chi connectivity index (χ4v) is 2.64. The van der Waals surface area contributed by atoms with E-state index in [1.165, 1.54) is 0 Å². The van der Waals surface area contributed by atoms with Gasteiger partial charge in [0.25, 0.3) is 12.3 Å². The SMILES string of the molecule is CC(C)n1ccc(C(=O)NCC2CCN(CC(F)F)CC2)n1. The molecule has 0 aliphatic carbocycles. The summed E-state index contributed by atoms with van der Waals surface area (Å²) in [6.07, 6.45) is 1.20. The maximum Gasteiger partial charge on any atom is 0.271 e. The van der Waals surface area contributed by atoms with Crippen LogP contribution in [-0.4, -0.2) is 53.2 Å². The van der Waals surface area contributed by atoms with E-state index >= 15 is 0 Å². The number of alkyl halides is 2. The summed E-state index contributed by atoms with van der Waals surface area (Å²) >= 11 is 0. The van der Waals surface area contributed by atoms with Gasteiger partial charge < -0.3 is 5.32 Å². The lowest BCUT2D eigenvalue weighted by molar-refractivity contribution is 0.0683. The van der Waals surface area contributed by atoms with Crippen LogP contribution in [0.4, 0.5) is 8.78 Å².